The summed E-state index contributed by atoms with van der Waals surface area (Å²) >= 11 is 3.36. The topological polar surface area (TPSA) is 30.7 Å². The minimum atomic E-state index is 0.770. The molecule has 0 spiro atoms. The van der Waals surface area contributed by atoms with Gasteiger partial charge in [0, 0.05) is 17.7 Å². The molecule has 0 amide bonds. The number of aryl methyl sites for hydroxylation is 1. The van der Waals surface area contributed by atoms with Crippen LogP contribution >= 0.6 is 15.9 Å². The molecule has 0 saturated heterocycles. The second-order valence-electron chi connectivity index (χ2n) is 3.10. The number of hydrogen-bond donors (Lipinski definition) is 0. The number of halogens is 1. The first kappa shape index (κ1) is 9.40. The van der Waals surface area contributed by atoms with Crippen LogP contribution in [0.5, 0.6) is 0 Å². The van der Waals surface area contributed by atoms with Crippen molar-refractivity contribution in [2.45, 2.75) is 12.3 Å². The summed E-state index contributed by atoms with van der Waals surface area (Å²) in [6.45, 7) is 2.02. The van der Waals surface area contributed by atoms with Gasteiger partial charge >= 0.3 is 0 Å². The van der Waals surface area contributed by atoms with Crippen molar-refractivity contribution >= 4 is 15.9 Å². The van der Waals surface area contributed by atoms with Gasteiger partial charge in [-0.25, -0.2) is 9.97 Å². The molecule has 14 heavy (non-hydrogen) atoms. The average Bonchev–Trinajstić information content (AvgIpc) is 2.67. The Labute approximate surface area is 90.9 Å². The summed E-state index contributed by atoms with van der Waals surface area (Å²) in [6, 6.07) is 4.02. The second kappa shape index (κ2) is 3.92. The van der Waals surface area contributed by atoms with Gasteiger partial charge in [-0.05, 0) is 18.6 Å². The Hall–Kier alpha value is -1.16. The lowest BCUT2D eigenvalue weighted by molar-refractivity contribution is 0.988. The highest BCUT2D eigenvalue weighted by molar-refractivity contribution is 9.08. The maximum Gasteiger partial charge on any atom is 0.137 e. The molecular weight excluding hydrogens is 242 g/mol. The van der Waals surface area contributed by atoms with Crippen LogP contribution in [0, 0.1) is 6.92 Å². The molecule has 0 aliphatic rings. The van der Waals surface area contributed by atoms with Gasteiger partial charge in [0.1, 0.15) is 12.1 Å². The van der Waals surface area contributed by atoms with E-state index < -0.39 is 0 Å². The zero-order chi connectivity index (χ0) is 9.97. The van der Waals surface area contributed by atoms with Crippen molar-refractivity contribution in [3.05, 3.63) is 42.1 Å². The molecule has 3 nitrogen and oxygen atoms in total. The van der Waals surface area contributed by atoms with Gasteiger partial charge in [-0.1, -0.05) is 22.0 Å². The summed E-state index contributed by atoms with van der Waals surface area (Å²) in [6.07, 6.45) is 5.59. The Morgan fingerprint density at radius 3 is 2.79 bits per heavy atom. The van der Waals surface area contributed by atoms with Gasteiger partial charge in [-0.15, -0.1) is 0 Å². The monoisotopic (exact) mass is 251 g/mol. The van der Waals surface area contributed by atoms with E-state index in [0.717, 1.165) is 22.4 Å². The lowest BCUT2D eigenvalue weighted by atomic mass is 10.3. The number of aromatic nitrogens is 3. The molecule has 0 aliphatic carbocycles. The molecule has 2 rings (SSSR count). The van der Waals surface area contributed by atoms with Crippen molar-refractivity contribution in [3.63, 3.8) is 0 Å². The molecule has 0 aliphatic heterocycles. The molecule has 0 fully saturated rings. The lowest BCUT2D eigenvalue weighted by Crippen LogP contribution is -1.93. The predicted molar refractivity (Wildman–Crippen MR) is 58.7 cm³/mol. The molecule has 0 aromatic carbocycles. The molecule has 72 valence electrons. The largest absolute Gasteiger partial charge is 0.290 e. The summed E-state index contributed by atoms with van der Waals surface area (Å²) < 4.78 is 1.91. The van der Waals surface area contributed by atoms with E-state index in [0.29, 0.717) is 0 Å². The van der Waals surface area contributed by atoms with Crippen LogP contribution in [-0.2, 0) is 5.33 Å². The van der Waals surface area contributed by atoms with Gasteiger partial charge in [0.05, 0.1) is 5.69 Å². The highest BCUT2D eigenvalue weighted by Crippen LogP contribution is 2.08. The summed E-state index contributed by atoms with van der Waals surface area (Å²) in [5.74, 6) is 0.898. The van der Waals surface area contributed by atoms with E-state index in [1.807, 2.05) is 36.0 Å². The third-order valence-corrected chi connectivity index (χ3v) is 2.51. The number of rotatable bonds is 2. The SMILES string of the molecule is Cc1ccc(-n2cnc(CBr)c2)nc1. The number of pyridine rings is 1. The van der Waals surface area contributed by atoms with E-state index in [9.17, 15) is 0 Å². The van der Waals surface area contributed by atoms with E-state index in [1.165, 1.54) is 0 Å². The lowest BCUT2D eigenvalue weighted by Gasteiger charge is -1.99. The molecule has 0 atom stereocenters. The molecule has 2 aromatic heterocycles. The summed E-state index contributed by atoms with van der Waals surface area (Å²) in [4.78, 5) is 8.51. The minimum absolute atomic E-state index is 0.770. The van der Waals surface area contributed by atoms with Crippen LogP contribution in [-0.4, -0.2) is 14.5 Å². The molecule has 4 heteroatoms. The van der Waals surface area contributed by atoms with Crippen LogP contribution in [0.4, 0.5) is 0 Å². The van der Waals surface area contributed by atoms with Crippen molar-refractivity contribution < 1.29 is 0 Å². The highest BCUT2D eigenvalue weighted by atomic mass is 79.9. The maximum atomic E-state index is 4.30. The number of alkyl halides is 1. The van der Waals surface area contributed by atoms with Crippen molar-refractivity contribution in [3.8, 4) is 5.82 Å². The zero-order valence-corrected chi connectivity index (χ0v) is 9.40. The summed E-state index contributed by atoms with van der Waals surface area (Å²) in [7, 11) is 0. The van der Waals surface area contributed by atoms with Crippen LogP contribution < -0.4 is 0 Å². The summed E-state index contributed by atoms with van der Waals surface area (Å²) in [5.41, 5.74) is 2.17. The third-order valence-electron chi connectivity index (χ3n) is 1.93. The first-order valence-corrected chi connectivity index (χ1v) is 5.43. The van der Waals surface area contributed by atoms with Crippen LogP contribution in [0.2, 0.25) is 0 Å². The van der Waals surface area contributed by atoms with Crippen LogP contribution in [0.15, 0.2) is 30.9 Å². The zero-order valence-electron chi connectivity index (χ0n) is 7.81. The van der Waals surface area contributed by atoms with Crippen LogP contribution in [0.3, 0.4) is 0 Å². The Bertz CT molecular complexity index is 419. The van der Waals surface area contributed by atoms with Gasteiger partial charge in [-0.3, -0.25) is 4.57 Å². The first-order valence-electron chi connectivity index (χ1n) is 4.31. The van der Waals surface area contributed by atoms with Gasteiger partial charge in [0.25, 0.3) is 0 Å². The van der Waals surface area contributed by atoms with Gasteiger partial charge in [0.15, 0.2) is 0 Å². The molecular formula is C10H10BrN3. The van der Waals surface area contributed by atoms with E-state index >= 15 is 0 Å². The second-order valence-corrected chi connectivity index (χ2v) is 3.66. The first-order chi connectivity index (χ1) is 6.79. The Balaban J connectivity index is 2.34. The van der Waals surface area contributed by atoms with E-state index in [4.69, 9.17) is 0 Å². The Morgan fingerprint density at radius 2 is 2.21 bits per heavy atom. The average molecular weight is 252 g/mol. The third kappa shape index (κ3) is 1.85. The fraction of sp³-hybridized carbons (Fsp3) is 0.200. The van der Waals surface area contributed by atoms with Crippen molar-refractivity contribution in [1.29, 1.82) is 0 Å². The van der Waals surface area contributed by atoms with Crippen molar-refractivity contribution in [2.75, 3.05) is 0 Å². The van der Waals surface area contributed by atoms with E-state index in [1.54, 1.807) is 6.33 Å². The van der Waals surface area contributed by atoms with Crippen LogP contribution in [0.1, 0.15) is 11.3 Å². The Kier molecular flexibility index (Phi) is 2.63. The maximum absolute atomic E-state index is 4.30. The highest BCUT2D eigenvalue weighted by Gasteiger charge is 1.99. The van der Waals surface area contributed by atoms with E-state index in [-0.39, 0.29) is 0 Å². The minimum Gasteiger partial charge on any atom is -0.290 e. The molecule has 0 radical (unpaired) electrons. The van der Waals surface area contributed by atoms with Gasteiger partial charge < -0.3 is 0 Å². The predicted octanol–water partition coefficient (Wildman–Crippen LogP) is 2.47. The van der Waals surface area contributed by atoms with Gasteiger partial charge in [0.2, 0.25) is 0 Å². The molecule has 0 unspecified atom stereocenters. The summed E-state index contributed by atoms with van der Waals surface area (Å²) in [5, 5.41) is 0.770. The normalized spacial score (nSPS) is 10.4. The molecule has 2 heterocycles. The van der Waals surface area contributed by atoms with E-state index in [2.05, 4.69) is 25.9 Å². The fourth-order valence-electron chi connectivity index (χ4n) is 1.17. The molecule has 2 aromatic rings. The van der Waals surface area contributed by atoms with Gasteiger partial charge in [-0.2, -0.15) is 0 Å². The number of nitrogens with zero attached hydrogens (tertiary/aromatic N) is 3. The molecule has 0 saturated carbocycles. The van der Waals surface area contributed by atoms with Crippen LogP contribution in [0.25, 0.3) is 5.82 Å². The Morgan fingerprint density at radius 1 is 1.36 bits per heavy atom. The quantitative estimate of drug-likeness (QED) is 0.768. The van der Waals surface area contributed by atoms with Crippen molar-refractivity contribution in [1.82, 2.24) is 14.5 Å². The fourth-order valence-corrected chi connectivity index (χ4v) is 1.46. The molecule has 0 bridgehead atoms. The number of imidazole rings is 1. The smallest absolute Gasteiger partial charge is 0.137 e. The molecule has 0 N–H and O–H groups in total. The standard InChI is InChI=1S/C10H10BrN3/c1-8-2-3-10(12-5-8)14-6-9(4-11)13-7-14/h2-3,5-7H,4H2,1H3. The van der Waals surface area contributed by atoms with Crippen molar-refractivity contribution in [2.24, 2.45) is 0 Å². The number of hydrogen-bond acceptors (Lipinski definition) is 2.